The lowest BCUT2D eigenvalue weighted by Crippen LogP contribution is -2.50. The summed E-state index contributed by atoms with van der Waals surface area (Å²) in [6.07, 6.45) is 1.18. The van der Waals surface area contributed by atoms with Gasteiger partial charge in [-0.05, 0) is 20.8 Å². The molecule has 0 amide bonds. The van der Waals surface area contributed by atoms with Gasteiger partial charge in [0.15, 0.2) is 0 Å². The van der Waals surface area contributed by atoms with E-state index in [9.17, 15) is 5.11 Å². The zero-order valence-corrected chi connectivity index (χ0v) is 9.72. The Morgan fingerprint density at radius 1 is 1.47 bits per heavy atom. The molecule has 5 nitrogen and oxygen atoms in total. The highest BCUT2D eigenvalue weighted by molar-refractivity contribution is 7.80. The van der Waals surface area contributed by atoms with Crippen LogP contribution in [0.1, 0.15) is 20.8 Å². The number of thiocarbonyl (C=S) groups is 1. The molecule has 2 aliphatic rings. The SMILES string of the molecule is CC1=C(C)C(=S)N2NN(C(C)O)C=C2N1. The van der Waals surface area contributed by atoms with Gasteiger partial charge in [0.2, 0.25) is 0 Å². The molecule has 2 rings (SSSR count). The average Bonchev–Trinajstić information content (AvgIpc) is 2.58. The Labute approximate surface area is 94.0 Å². The van der Waals surface area contributed by atoms with Crippen molar-refractivity contribution in [1.29, 1.82) is 0 Å². The summed E-state index contributed by atoms with van der Waals surface area (Å²) in [6, 6.07) is 0. The van der Waals surface area contributed by atoms with E-state index in [0.29, 0.717) is 0 Å². The molecule has 0 bridgehead atoms. The molecule has 6 heteroatoms. The van der Waals surface area contributed by atoms with Crippen LogP contribution in [0.25, 0.3) is 0 Å². The number of fused-ring (bicyclic) bond motifs is 1. The molecule has 15 heavy (non-hydrogen) atoms. The normalized spacial score (nSPS) is 22.7. The van der Waals surface area contributed by atoms with Crippen LogP contribution in [0.3, 0.4) is 0 Å². The number of aliphatic hydroxyl groups excluding tert-OH is 1. The van der Waals surface area contributed by atoms with Gasteiger partial charge in [-0.15, -0.1) is 5.53 Å². The molecule has 82 valence electrons. The molecule has 2 aliphatic heterocycles. The van der Waals surface area contributed by atoms with Crippen molar-refractivity contribution in [3.8, 4) is 0 Å². The first-order valence-corrected chi connectivity index (χ1v) is 5.15. The summed E-state index contributed by atoms with van der Waals surface area (Å²) >= 11 is 5.30. The third-order valence-corrected chi connectivity index (χ3v) is 3.01. The zero-order valence-electron chi connectivity index (χ0n) is 8.90. The number of hydrogen-bond donors (Lipinski definition) is 3. The van der Waals surface area contributed by atoms with E-state index in [-0.39, 0.29) is 0 Å². The summed E-state index contributed by atoms with van der Waals surface area (Å²) in [4.78, 5) is 0.723. The number of allylic oxidation sites excluding steroid dienone is 1. The van der Waals surface area contributed by atoms with Crippen molar-refractivity contribution in [2.24, 2.45) is 0 Å². The smallest absolute Gasteiger partial charge is 0.145 e. The lowest BCUT2D eigenvalue weighted by atomic mass is 10.2. The second-order valence-electron chi connectivity index (χ2n) is 3.67. The first kappa shape index (κ1) is 10.4. The van der Waals surface area contributed by atoms with Crippen LogP contribution < -0.4 is 10.9 Å². The zero-order chi connectivity index (χ0) is 11.2. The van der Waals surface area contributed by atoms with E-state index >= 15 is 0 Å². The third-order valence-electron chi connectivity index (χ3n) is 2.52. The maximum absolute atomic E-state index is 9.42. The van der Waals surface area contributed by atoms with Gasteiger partial charge in [-0.1, -0.05) is 12.2 Å². The Bertz CT molecular complexity index is 374. The van der Waals surface area contributed by atoms with Crippen LogP contribution in [-0.4, -0.2) is 26.3 Å². The summed E-state index contributed by atoms with van der Waals surface area (Å²) < 4.78 is 0. The van der Waals surface area contributed by atoms with Crippen LogP contribution in [-0.2, 0) is 0 Å². The minimum absolute atomic E-state index is 0.603. The van der Waals surface area contributed by atoms with E-state index in [1.54, 1.807) is 23.1 Å². The third kappa shape index (κ3) is 1.60. The van der Waals surface area contributed by atoms with Gasteiger partial charge in [0.1, 0.15) is 17.0 Å². The molecule has 0 saturated carbocycles. The van der Waals surface area contributed by atoms with Gasteiger partial charge in [0, 0.05) is 11.3 Å². The molecular weight excluding hydrogens is 212 g/mol. The number of nitrogens with one attached hydrogen (secondary N) is 2. The Balaban J connectivity index is 2.27. The molecule has 0 aromatic heterocycles. The maximum Gasteiger partial charge on any atom is 0.145 e. The molecule has 1 atom stereocenters. The molecular formula is C9H14N4OS. The van der Waals surface area contributed by atoms with Crippen molar-refractivity contribution in [3.05, 3.63) is 23.3 Å². The monoisotopic (exact) mass is 226 g/mol. The summed E-state index contributed by atoms with van der Waals surface area (Å²) in [5.74, 6) is 0.837. The Kier molecular flexibility index (Phi) is 2.41. The molecule has 2 heterocycles. The van der Waals surface area contributed by atoms with Gasteiger partial charge in [0.25, 0.3) is 0 Å². The molecule has 0 radical (unpaired) electrons. The van der Waals surface area contributed by atoms with Crippen molar-refractivity contribution in [2.75, 3.05) is 0 Å². The standard InChI is InChI=1S/C9H14N4OS/c1-5-6(2)10-8-4-12(7(3)14)11-13(8)9(5)15/h4,7,10-11,14H,1-3H3. The van der Waals surface area contributed by atoms with Crippen molar-refractivity contribution in [1.82, 2.24) is 20.9 Å². The van der Waals surface area contributed by atoms with E-state index < -0.39 is 6.23 Å². The lowest BCUT2D eigenvalue weighted by Gasteiger charge is -2.30. The first-order chi connectivity index (χ1) is 7.00. The number of aliphatic hydroxyl groups is 1. The minimum atomic E-state index is -0.603. The van der Waals surface area contributed by atoms with Gasteiger partial charge >= 0.3 is 0 Å². The molecule has 0 spiro atoms. The number of rotatable bonds is 1. The fourth-order valence-corrected chi connectivity index (χ4v) is 1.73. The number of nitrogens with zero attached hydrogens (tertiary/aromatic N) is 2. The van der Waals surface area contributed by atoms with Crippen LogP contribution in [0.2, 0.25) is 0 Å². The Morgan fingerprint density at radius 2 is 2.13 bits per heavy atom. The van der Waals surface area contributed by atoms with Crippen molar-refractivity contribution >= 4 is 17.2 Å². The predicted molar refractivity (Wildman–Crippen MR) is 60.7 cm³/mol. The van der Waals surface area contributed by atoms with E-state index in [1.165, 1.54) is 0 Å². The Morgan fingerprint density at radius 3 is 2.73 bits per heavy atom. The van der Waals surface area contributed by atoms with Crippen LogP contribution >= 0.6 is 12.2 Å². The van der Waals surface area contributed by atoms with E-state index in [4.69, 9.17) is 12.2 Å². The van der Waals surface area contributed by atoms with Crippen LogP contribution in [0.15, 0.2) is 23.3 Å². The van der Waals surface area contributed by atoms with Gasteiger partial charge < -0.3 is 10.4 Å². The average molecular weight is 226 g/mol. The quantitative estimate of drug-likeness (QED) is 0.562. The van der Waals surface area contributed by atoms with Crippen LogP contribution in [0.5, 0.6) is 0 Å². The van der Waals surface area contributed by atoms with Crippen molar-refractivity contribution in [2.45, 2.75) is 27.0 Å². The highest BCUT2D eigenvalue weighted by Gasteiger charge is 2.30. The molecule has 3 N–H and O–H groups in total. The summed E-state index contributed by atoms with van der Waals surface area (Å²) in [6.45, 7) is 5.62. The fraction of sp³-hybridized carbons (Fsp3) is 0.444. The summed E-state index contributed by atoms with van der Waals surface area (Å²) in [5, 5.41) is 16.0. The maximum atomic E-state index is 9.42. The van der Waals surface area contributed by atoms with E-state index in [0.717, 1.165) is 22.1 Å². The molecule has 1 unspecified atom stereocenters. The second-order valence-corrected chi connectivity index (χ2v) is 4.06. The minimum Gasteiger partial charge on any atom is -0.372 e. The molecule has 0 fully saturated rings. The largest absolute Gasteiger partial charge is 0.372 e. The Hall–Kier alpha value is -1.11. The van der Waals surface area contributed by atoms with Crippen LogP contribution in [0, 0.1) is 0 Å². The van der Waals surface area contributed by atoms with Crippen LogP contribution in [0.4, 0.5) is 0 Å². The highest BCUT2D eigenvalue weighted by atomic mass is 32.1. The summed E-state index contributed by atoms with van der Waals surface area (Å²) in [5.41, 5.74) is 5.05. The van der Waals surface area contributed by atoms with Gasteiger partial charge in [0.05, 0.1) is 6.20 Å². The topological polar surface area (TPSA) is 50.8 Å². The molecule has 0 aromatic carbocycles. The first-order valence-electron chi connectivity index (χ1n) is 4.74. The fourth-order valence-electron chi connectivity index (χ4n) is 1.44. The van der Waals surface area contributed by atoms with Gasteiger partial charge in [-0.25, -0.2) is 5.01 Å². The van der Waals surface area contributed by atoms with E-state index in [2.05, 4.69) is 10.9 Å². The van der Waals surface area contributed by atoms with Gasteiger partial charge in [-0.3, -0.25) is 5.01 Å². The van der Waals surface area contributed by atoms with E-state index in [1.807, 2.05) is 13.8 Å². The molecule has 0 saturated heterocycles. The van der Waals surface area contributed by atoms with Crippen molar-refractivity contribution < 1.29 is 5.11 Å². The molecule has 0 aliphatic carbocycles. The number of hydrazine groups is 2. The lowest BCUT2D eigenvalue weighted by molar-refractivity contribution is 0.000227. The summed E-state index contributed by atoms with van der Waals surface area (Å²) in [7, 11) is 0. The highest BCUT2D eigenvalue weighted by Crippen LogP contribution is 2.22. The second kappa shape index (κ2) is 3.48. The van der Waals surface area contributed by atoms with Gasteiger partial charge in [-0.2, -0.15) is 0 Å². The molecule has 0 aromatic rings. The predicted octanol–water partition coefficient (Wildman–Crippen LogP) is 0.385. The number of hydrogen-bond acceptors (Lipinski definition) is 5. The van der Waals surface area contributed by atoms with Crippen molar-refractivity contribution in [3.63, 3.8) is 0 Å².